The summed E-state index contributed by atoms with van der Waals surface area (Å²) in [6.07, 6.45) is 1.77. The number of H-pyrrole nitrogens is 1. The van der Waals surface area contributed by atoms with Gasteiger partial charge < -0.3 is 9.72 Å². The van der Waals surface area contributed by atoms with Crippen LogP contribution in [0.2, 0.25) is 0 Å². The first kappa shape index (κ1) is 12.6. The van der Waals surface area contributed by atoms with Gasteiger partial charge in [-0.3, -0.25) is 4.79 Å². The number of hydrogen-bond acceptors (Lipinski definition) is 4. The van der Waals surface area contributed by atoms with Crippen LogP contribution in [0.4, 0.5) is 0 Å². The van der Waals surface area contributed by atoms with E-state index in [-0.39, 0.29) is 5.78 Å². The number of hydrogen-bond donors (Lipinski definition) is 1. The molecular formula is C16H11NO2S2. The van der Waals surface area contributed by atoms with Crippen molar-refractivity contribution in [2.75, 3.05) is 7.11 Å². The molecule has 0 bridgehead atoms. The molecule has 0 radical (unpaired) electrons. The number of benzene rings is 1. The van der Waals surface area contributed by atoms with Gasteiger partial charge in [-0.05, 0) is 29.6 Å². The average Bonchev–Trinajstić information content (AvgIpc) is 3.19. The molecule has 104 valence electrons. The molecule has 0 atom stereocenters. The third kappa shape index (κ3) is 1.89. The van der Waals surface area contributed by atoms with Crippen LogP contribution in [0, 0.1) is 0 Å². The number of nitrogens with one attached hydrogen (secondary N) is 1. The molecule has 4 rings (SSSR count). The Morgan fingerprint density at radius 1 is 1.24 bits per heavy atom. The van der Waals surface area contributed by atoms with Crippen LogP contribution < -0.4 is 4.74 Å². The van der Waals surface area contributed by atoms with E-state index in [0.717, 1.165) is 30.9 Å². The minimum atomic E-state index is 0.0409. The molecule has 4 aromatic rings. The first-order valence-electron chi connectivity index (χ1n) is 6.44. The van der Waals surface area contributed by atoms with Crippen LogP contribution >= 0.6 is 22.7 Å². The molecule has 21 heavy (non-hydrogen) atoms. The lowest BCUT2D eigenvalue weighted by Crippen LogP contribution is -1.98. The fourth-order valence-electron chi connectivity index (χ4n) is 2.51. The summed E-state index contributed by atoms with van der Waals surface area (Å²) in [6, 6.07) is 9.76. The van der Waals surface area contributed by atoms with Crippen molar-refractivity contribution in [3.8, 4) is 5.75 Å². The Morgan fingerprint density at radius 3 is 2.95 bits per heavy atom. The SMILES string of the molecule is COc1cccc2[nH]cc(C(=O)c3cc4sccc4s3)c12. The summed E-state index contributed by atoms with van der Waals surface area (Å²) >= 11 is 3.20. The molecule has 0 aliphatic carbocycles. The maximum Gasteiger partial charge on any atom is 0.205 e. The number of aromatic amines is 1. The summed E-state index contributed by atoms with van der Waals surface area (Å²) in [6.45, 7) is 0. The Hall–Kier alpha value is -2.11. The van der Waals surface area contributed by atoms with Gasteiger partial charge >= 0.3 is 0 Å². The number of ether oxygens (including phenoxy) is 1. The Bertz CT molecular complexity index is 933. The Balaban J connectivity index is 1.89. The zero-order valence-corrected chi connectivity index (χ0v) is 12.8. The second kappa shape index (κ2) is 4.72. The largest absolute Gasteiger partial charge is 0.496 e. The molecule has 0 unspecified atom stereocenters. The van der Waals surface area contributed by atoms with Crippen LogP contribution in [0.25, 0.3) is 20.3 Å². The number of rotatable bonds is 3. The molecule has 3 nitrogen and oxygen atoms in total. The molecule has 1 N–H and O–H groups in total. The van der Waals surface area contributed by atoms with Gasteiger partial charge in [-0.25, -0.2) is 0 Å². The van der Waals surface area contributed by atoms with Crippen molar-refractivity contribution in [1.29, 1.82) is 0 Å². The molecule has 0 saturated heterocycles. The Labute approximate surface area is 128 Å². The summed E-state index contributed by atoms with van der Waals surface area (Å²) in [5, 5.41) is 2.89. The minimum absolute atomic E-state index is 0.0409. The zero-order valence-electron chi connectivity index (χ0n) is 11.2. The molecule has 0 spiro atoms. The van der Waals surface area contributed by atoms with Crippen LogP contribution in [0.3, 0.4) is 0 Å². The average molecular weight is 313 g/mol. The molecule has 0 fully saturated rings. The molecule has 5 heteroatoms. The highest BCUT2D eigenvalue weighted by Crippen LogP contribution is 2.34. The van der Waals surface area contributed by atoms with E-state index in [2.05, 4.69) is 11.1 Å². The fourth-order valence-corrected chi connectivity index (χ4v) is 4.57. The van der Waals surface area contributed by atoms with Crippen LogP contribution in [-0.4, -0.2) is 17.9 Å². The van der Waals surface area contributed by atoms with Crippen molar-refractivity contribution in [3.63, 3.8) is 0 Å². The van der Waals surface area contributed by atoms with Gasteiger partial charge in [0.25, 0.3) is 0 Å². The summed E-state index contributed by atoms with van der Waals surface area (Å²) in [7, 11) is 1.62. The smallest absolute Gasteiger partial charge is 0.205 e. The number of carbonyl (C=O) groups is 1. The first-order valence-corrected chi connectivity index (χ1v) is 8.13. The summed E-state index contributed by atoms with van der Waals surface area (Å²) < 4.78 is 7.71. The minimum Gasteiger partial charge on any atom is -0.496 e. The molecule has 0 aliphatic heterocycles. The first-order chi connectivity index (χ1) is 10.3. The quantitative estimate of drug-likeness (QED) is 0.558. The number of ketones is 1. The van der Waals surface area contributed by atoms with E-state index in [4.69, 9.17) is 4.74 Å². The predicted octanol–water partition coefficient (Wildman–Crippen LogP) is 4.68. The van der Waals surface area contributed by atoms with Crippen LogP contribution in [0.15, 0.2) is 41.9 Å². The molecule has 3 aromatic heterocycles. The zero-order chi connectivity index (χ0) is 14.4. The van der Waals surface area contributed by atoms with Crippen LogP contribution in [0.1, 0.15) is 15.2 Å². The molecular weight excluding hydrogens is 302 g/mol. The second-order valence-electron chi connectivity index (χ2n) is 4.67. The Kier molecular flexibility index (Phi) is 2.83. The van der Waals surface area contributed by atoms with Gasteiger partial charge in [0, 0.05) is 21.1 Å². The summed E-state index contributed by atoms with van der Waals surface area (Å²) in [5.74, 6) is 0.759. The molecule has 1 aromatic carbocycles. The standard InChI is InChI=1S/C16H11NO2S2/c1-19-11-4-2-3-10-15(11)9(8-17-10)16(18)14-7-13-12(21-14)5-6-20-13/h2-8,17H,1H3. The molecule has 0 aliphatic rings. The van der Waals surface area contributed by atoms with Gasteiger partial charge in [0.1, 0.15) is 5.75 Å². The molecule has 0 saturated carbocycles. The lowest BCUT2D eigenvalue weighted by molar-refractivity contribution is 0.104. The van der Waals surface area contributed by atoms with E-state index in [9.17, 15) is 4.79 Å². The van der Waals surface area contributed by atoms with E-state index >= 15 is 0 Å². The lowest BCUT2D eigenvalue weighted by Gasteiger charge is -2.03. The van der Waals surface area contributed by atoms with E-state index in [0.29, 0.717) is 5.56 Å². The van der Waals surface area contributed by atoms with Crippen molar-refractivity contribution < 1.29 is 9.53 Å². The number of fused-ring (bicyclic) bond motifs is 2. The molecule has 0 amide bonds. The number of aromatic nitrogens is 1. The number of methoxy groups -OCH3 is 1. The third-order valence-corrected chi connectivity index (χ3v) is 5.59. The monoisotopic (exact) mass is 313 g/mol. The lowest BCUT2D eigenvalue weighted by atomic mass is 10.1. The highest BCUT2D eigenvalue weighted by atomic mass is 32.1. The van der Waals surface area contributed by atoms with E-state index in [1.165, 1.54) is 11.3 Å². The van der Waals surface area contributed by atoms with Crippen molar-refractivity contribution in [3.05, 3.63) is 52.3 Å². The van der Waals surface area contributed by atoms with Gasteiger partial charge in [-0.2, -0.15) is 0 Å². The maximum atomic E-state index is 12.8. The van der Waals surface area contributed by atoms with Gasteiger partial charge in [0.15, 0.2) is 0 Å². The number of thiophene rings is 2. The number of carbonyl (C=O) groups excluding carboxylic acids is 1. The van der Waals surface area contributed by atoms with Crippen molar-refractivity contribution in [2.24, 2.45) is 0 Å². The summed E-state index contributed by atoms with van der Waals surface area (Å²) in [5.41, 5.74) is 1.58. The predicted molar refractivity (Wildman–Crippen MR) is 88.0 cm³/mol. The van der Waals surface area contributed by atoms with Gasteiger partial charge in [-0.1, -0.05) is 6.07 Å². The van der Waals surface area contributed by atoms with Crippen LogP contribution in [-0.2, 0) is 0 Å². The van der Waals surface area contributed by atoms with Crippen LogP contribution in [0.5, 0.6) is 5.75 Å². The van der Waals surface area contributed by atoms with Crippen molar-refractivity contribution in [1.82, 2.24) is 4.98 Å². The molecule has 3 heterocycles. The normalized spacial score (nSPS) is 11.3. The second-order valence-corrected chi connectivity index (χ2v) is 6.71. The summed E-state index contributed by atoms with van der Waals surface area (Å²) in [4.78, 5) is 16.7. The van der Waals surface area contributed by atoms with Crippen molar-refractivity contribution >= 4 is 48.8 Å². The fraction of sp³-hybridized carbons (Fsp3) is 0.0625. The highest BCUT2D eigenvalue weighted by molar-refractivity contribution is 7.28. The van der Waals surface area contributed by atoms with Gasteiger partial charge in [0.05, 0.1) is 22.9 Å². The van der Waals surface area contributed by atoms with Gasteiger partial charge in [-0.15, -0.1) is 22.7 Å². The van der Waals surface area contributed by atoms with E-state index in [1.54, 1.807) is 24.6 Å². The van der Waals surface area contributed by atoms with Crippen molar-refractivity contribution in [2.45, 2.75) is 0 Å². The maximum absolute atomic E-state index is 12.8. The highest BCUT2D eigenvalue weighted by Gasteiger charge is 2.19. The van der Waals surface area contributed by atoms with E-state index in [1.807, 2.05) is 29.6 Å². The third-order valence-electron chi connectivity index (χ3n) is 3.50. The Morgan fingerprint density at radius 2 is 2.14 bits per heavy atom. The van der Waals surface area contributed by atoms with E-state index < -0.39 is 0 Å². The topological polar surface area (TPSA) is 42.1 Å². The van der Waals surface area contributed by atoms with Gasteiger partial charge in [0.2, 0.25) is 5.78 Å².